The fraction of sp³-hybridized carbons (Fsp3) is 0.933. The first-order valence-electron chi connectivity index (χ1n) is 14.5. The molecule has 0 bridgehead atoms. The number of piperidine rings is 1. The minimum absolute atomic E-state index is 0.178. The summed E-state index contributed by atoms with van der Waals surface area (Å²) in [5.41, 5.74) is 3.54. The van der Waals surface area contributed by atoms with Crippen LogP contribution >= 0.6 is 0 Å². The van der Waals surface area contributed by atoms with Crippen LogP contribution in [0.5, 0.6) is 0 Å². The molecule has 3 saturated carbocycles. The second-order valence-electron chi connectivity index (χ2n) is 13.7. The first-order chi connectivity index (χ1) is 15.3. The Hall–Kier alpha value is -0.340. The number of allylic oxidation sites excluding steroid dienone is 2. The first-order valence-corrected chi connectivity index (χ1v) is 14.5. The quantitative estimate of drug-likeness (QED) is 0.420. The van der Waals surface area contributed by atoms with Crippen molar-refractivity contribution in [1.29, 1.82) is 0 Å². The van der Waals surface area contributed by atoms with Crippen molar-refractivity contribution in [3.05, 3.63) is 11.6 Å². The van der Waals surface area contributed by atoms with Gasteiger partial charge >= 0.3 is 0 Å². The monoisotopic (exact) mass is 439 g/mol. The molecule has 5 fully saturated rings. The molecular formula is C30H49NO. The summed E-state index contributed by atoms with van der Waals surface area (Å²) in [6.07, 6.45) is 22.7. The van der Waals surface area contributed by atoms with Crippen molar-refractivity contribution in [1.82, 2.24) is 4.90 Å². The van der Waals surface area contributed by atoms with Crippen LogP contribution in [0.25, 0.3) is 0 Å². The average Bonchev–Trinajstić information content (AvgIpc) is 3.20. The molecule has 6 aliphatic rings. The Balaban J connectivity index is 1.25. The lowest BCUT2D eigenvalue weighted by molar-refractivity contribution is -0.131. The molecule has 2 nitrogen and oxygen atoms in total. The number of likely N-dealkylation sites (tertiary alicyclic amines) is 1. The van der Waals surface area contributed by atoms with E-state index in [1.165, 1.54) is 103 Å². The Morgan fingerprint density at radius 1 is 1.12 bits per heavy atom. The van der Waals surface area contributed by atoms with Crippen molar-refractivity contribution in [2.24, 2.45) is 28.1 Å². The number of hydrogen-bond acceptors (Lipinski definition) is 2. The van der Waals surface area contributed by atoms with Crippen LogP contribution in [0.2, 0.25) is 0 Å². The molecule has 0 aromatic carbocycles. The average molecular weight is 440 g/mol. The van der Waals surface area contributed by atoms with Crippen molar-refractivity contribution in [2.45, 2.75) is 135 Å². The number of rotatable bonds is 4. The summed E-state index contributed by atoms with van der Waals surface area (Å²) in [6, 6.07) is 0.694. The van der Waals surface area contributed by atoms with E-state index in [-0.39, 0.29) is 5.60 Å². The number of hydrogen-bond donors (Lipinski definition) is 0. The van der Waals surface area contributed by atoms with Crippen LogP contribution < -0.4 is 0 Å². The van der Waals surface area contributed by atoms with Crippen molar-refractivity contribution in [3.63, 3.8) is 0 Å². The second-order valence-corrected chi connectivity index (χ2v) is 13.7. The molecule has 2 heteroatoms. The van der Waals surface area contributed by atoms with Crippen LogP contribution in [0.3, 0.4) is 0 Å². The van der Waals surface area contributed by atoms with Crippen LogP contribution in [0.4, 0.5) is 0 Å². The Labute approximate surface area is 197 Å². The van der Waals surface area contributed by atoms with E-state index in [4.69, 9.17) is 4.74 Å². The van der Waals surface area contributed by atoms with Crippen LogP contribution in [0, 0.1) is 28.1 Å². The predicted molar refractivity (Wildman–Crippen MR) is 133 cm³/mol. The standard InChI is InChI=1S/C30H49NO/c1-5-16-31-20-22(2)17-26-25(31)19-30(32-26)15-9-14-29(21-28(29,30)4)18-24-12-8-11-23-10-6-7-13-27(23,24)3/h10,22,24-26H,5-9,11-21H2,1-4H3. The number of nitrogens with zero attached hydrogens (tertiary/aromatic N) is 1. The SMILES string of the molecule is CCCN1CC(C)CC2OC3(CCCC4(CC5CCCC6=CCCCC65C)CC43C)CC21. The molecule has 0 amide bonds. The lowest BCUT2D eigenvalue weighted by atomic mass is 9.56. The zero-order valence-electron chi connectivity index (χ0n) is 21.6. The highest BCUT2D eigenvalue weighted by atomic mass is 16.5. The summed E-state index contributed by atoms with van der Waals surface area (Å²) in [6.45, 7) is 12.7. The predicted octanol–water partition coefficient (Wildman–Crippen LogP) is 7.52. The molecule has 4 aliphatic carbocycles. The van der Waals surface area contributed by atoms with Crippen molar-refractivity contribution in [3.8, 4) is 0 Å². The molecule has 32 heavy (non-hydrogen) atoms. The molecule has 2 aliphatic heterocycles. The minimum atomic E-state index is 0.178. The molecule has 8 atom stereocenters. The normalized spacial score (nSPS) is 52.8. The van der Waals surface area contributed by atoms with Crippen molar-refractivity contribution in [2.75, 3.05) is 13.1 Å². The van der Waals surface area contributed by atoms with Crippen molar-refractivity contribution < 1.29 is 4.74 Å². The Bertz CT molecular complexity index is 775. The fourth-order valence-corrected chi connectivity index (χ4v) is 10.2. The van der Waals surface area contributed by atoms with Gasteiger partial charge in [-0.05, 0) is 119 Å². The lowest BCUT2D eigenvalue weighted by Crippen LogP contribution is -2.49. The van der Waals surface area contributed by atoms with E-state index in [2.05, 4.69) is 38.7 Å². The van der Waals surface area contributed by atoms with Gasteiger partial charge < -0.3 is 4.74 Å². The third kappa shape index (κ3) is 3.03. The van der Waals surface area contributed by atoms with Gasteiger partial charge in [-0.2, -0.15) is 0 Å². The van der Waals surface area contributed by atoms with E-state index in [1.807, 2.05) is 5.57 Å². The smallest absolute Gasteiger partial charge is 0.0761 e. The van der Waals surface area contributed by atoms with Gasteiger partial charge in [-0.3, -0.25) is 4.90 Å². The topological polar surface area (TPSA) is 12.5 Å². The zero-order valence-corrected chi connectivity index (χ0v) is 21.6. The number of fused-ring (bicyclic) bond motifs is 4. The van der Waals surface area contributed by atoms with Gasteiger partial charge in [0.2, 0.25) is 0 Å². The largest absolute Gasteiger partial charge is 0.369 e. The van der Waals surface area contributed by atoms with E-state index < -0.39 is 0 Å². The third-order valence-electron chi connectivity index (χ3n) is 12.0. The maximum atomic E-state index is 7.29. The summed E-state index contributed by atoms with van der Waals surface area (Å²) in [7, 11) is 0. The van der Waals surface area contributed by atoms with Gasteiger partial charge in [-0.1, -0.05) is 39.3 Å². The summed E-state index contributed by atoms with van der Waals surface area (Å²) < 4.78 is 7.29. The molecule has 0 aromatic heterocycles. The second kappa shape index (κ2) is 7.58. The molecule has 1 spiro atoms. The first kappa shape index (κ1) is 22.1. The molecule has 180 valence electrons. The minimum Gasteiger partial charge on any atom is -0.369 e. The summed E-state index contributed by atoms with van der Waals surface area (Å²) >= 11 is 0. The molecule has 2 saturated heterocycles. The summed E-state index contributed by atoms with van der Waals surface area (Å²) in [4.78, 5) is 2.83. The van der Waals surface area contributed by atoms with Crippen LogP contribution in [0.15, 0.2) is 11.6 Å². The number of ether oxygens (including phenoxy) is 1. The highest BCUT2D eigenvalue weighted by Crippen LogP contribution is 2.80. The maximum Gasteiger partial charge on any atom is 0.0761 e. The summed E-state index contributed by atoms with van der Waals surface area (Å²) in [5, 5.41) is 0. The van der Waals surface area contributed by atoms with Gasteiger partial charge in [0.15, 0.2) is 0 Å². The third-order valence-corrected chi connectivity index (χ3v) is 12.0. The van der Waals surface area contributed by atoms with Crippen molar-refractivity contribution >= 4 is 0 Å². The molecule has 0 aromatic rings. The fourth-order valence-electron chi connectivity index (χ4n) is 10.2. The molecule has 8 unspecified atom stereocenters. The van der Waals surface area contributed by atoms with E-state index in [0.717, 1.165) is 11.8 Å². The van der Waals surface area contributed by atoms with Gasteiger partial charge in [-0.25, -0.2) is 0 Å². The Kier molecular flexibility index (Phi) is 5.24. The molecule has 6 rings (SSSR count). The van der Waals surface area contributed by atoms with E-state index >= 15 is 0 Å². The zero-order chi connectivity index (χ0) is 22.2. The molecular weight excluding hydrogens is 390 g/mol. The van der Waals surface area contributed by atoms with Gasteiger partial charge in [0, 0.05) is 18.0 Å². The van der Waals surface area contributed by atoms with Gasteiger partial charge in [0.05, 0.1) is 11.7 Å². The Morgan fingerprint density at radius 3 is 2.84 bits per heavy atom. The highest BCUT2D eigenvalue weighted by molar-refractivity contribution is 5.28. The Morgan fingerprint density at radius 2 is 2.00 bits per heavy atom. The molecule has 0 radical (unpaired) electrons. The van der Waals surface area contributed by atoms with Gasteiger partial charge in [0.25, 0.3) is 0 Å². The van der Waals surface area contributed by atoms with Gasteiger partial charge in [0.1, 0.15) is 0 Å². The van der Waals surface area contributed by atoms with E-state index in [9.17, 15) is 0 Å². The summed E-state index contributed by atoms with van der Waals surface area (Å²) in [5.74, 6) is 1.71. The molecule has 0 N–H and O–H groups in total. The van der Waals surface area contributed by atoms with Crippen LogP contribution in [0.1, 0.15) is 118 Å². The van der Waals surface area contributed by atoms with E-state index in [1.54, 1.807) is 0 Å². The van der Waals surface area contributed by atoms with Crippen LogP contribution in [-0.4, -0.2) is 35.7 Å². The molecule has 2 heterocycles. The lowest BCUT2D eigenvalue weighted by Gasteiger charge is -2.50. The van der Waals surface area contributed by atoms with Gasteiger partial charge in [-0.15, -0.1) is 0 Å². The maximum absolute atomic E-state index is 7.29. The van der Waals surface area contributed by atoms with E-state index in [0.29, 0.717) is 28.4 Å². The highest BCUT2D eigenvalue weighted by Gasteiger charge is 2.77. The van der Waals surface area contributed by atoms with Crippen LogP contribution in [-0.2, 0) is 4.74 Å².